The first-order chi connectivity index (χ1) is 8.19. The number of methoxy groups -OCH3 is 2. The molecule has 0 unspecified atom stereocenters. The Morgan fingerprint density at radius 3 is 2.59 bits per heavy atom. The standard InChI is InChI=1S/C14H23NO2/c1-11(2)12-5-6-14(17-4)13(9-12)7-8-15-10-16-3/h5-6,9,11,15H,7-8,10H2,1-4H3. The second kappa shape index (κ2) is 7.30. The number of benzene rings is 1. The Bertz CT molecular complexity index is 337. The van der Waals surface area contributed by atoms with E-state index in [9.17, 15) is 0 Å². The van der Waals surface area contributed by atoms with Crippen LogP contribution in [0, 0.1) is 0 Å². The Balaban J connectivity index is 2.69. The second-order valence-corrected chi connectivity index (χ2v) is 4.41. The molecule has 0 saturated heterocycles. The summed E-state index contributed by atoms with van der Waals surface area (Å²) in [4.78, 5) is 0. The van der Waals surface area contributed by atoms with Crippen LogP contribution in [0.4, 0.5) is 0 Å². The number of rotatable bonds is 7. The molecule has 0 fully saturated rings. The predicted octanol–water partition coefficient (Wildman–Crippen LogP) is 2.55. The van der Waals surface area contributed by atoms with Crippen LogP contribution in [0.5, 0.6) is 5.75 Å². The molecular weight excluding hydrogens is 214 g/mol. The molecule has 0 spiro atoms. The molecule has 0 amide bonds. The fraction of sp³-hybridized carbons (Fsp3) is 0.571. The molecule has 0 bridgehead atoms. The van der Waals surface area contributed by atoms with Gasteiger partial charge in [0.05, 0.1) is 13.8 Å². The minimum atomic E-state index is 0.548. The number of hydrogen-bond acceptors (Lipinski definition) is 3. The summed E-state index contributed by atoms with van der Waals surface area (Å²) >= 11 is 0. The number of ether oxygens (including phenoxy) is 2. The molecule has 0 heterocycles. The normalized spacial score (nSPS) is 10.9. The molecule has 1 aromatic carbocycles. The van der Waals surface area contributed by atoms with E-state index in [1.807, 2.05) is 0 Å². The van der Waals surface area contributed by atoms with Crippen molar-refractivity contribution in [1.82, 2.24) is 5.32 Å². The minimum absolute atomic E-state index is 0.548. The van der Waals surface area contributed by atoms with Crippen LogP contribution in [-0.4, -0.2) is 27.5 Å². The lowest BCUT2D eigenvalue weighted by Crippen LogP contribution is -2.19. The second-order valence-electron chi connectivity index (χ2n) is 4.41. The van der Waals surface area contributed by atoms with Crippen molar-refractivity contribution in [2.24, 2.45) is 0 Å². The average molecular weight is 237 g/mol. The molecule has 1 rings (SSSR count). The van der Waals surface area contributed by atoms with Crippen molar-refractivity contribution in [3.8, 4) is 5.75 Å². The molecule has 0 saturated carbocycles. The summed E-state index contributed by atoms with van der Waals surface area (Å²) in [7, 11) is 3.41. The molecule has 0 aromatic heterocycles. The summed E-state index contributed by atoms with van der Waals surface area (Å²) in [5, 5.41) is 3.21. The molecule has 0 aliphatic carbocycles. The molecule has 0 radical (unpaired) electrons. The summed E-state index contributed by atoms with van der Waals surface area (Å²) in [6.45, 7) is 5.89. The van der Waals surface area contributed by atoms with Gasteiger partial charge in [-0.2, -0.15) is 0 Å². The van der Waals surface area contributed by atoms with Crippen molar-refractivity contribution in [3.05, 3.63) is 29.3 Å². The van der Waals surface area contributed by atoms with Crippen LogP contribution < -0.4 is 10.1 Å². The van der Waals surface area contributed by atoms with Crippen molar-refractivity contribution < 1.29 is 9.47 Å². The molecule has 3 heteroatoms. The van der Waals surface area contributed by atoms with E-state index in [0.29, 0.717) is 12.6 Å². The SMILES string of the molecule is COCNCCc1cc(C(C)C)ccc1OC. The maximum absolute atomic E-state index is 5.38. The fourth-order valence-corrected chi connectivity index (χ4v) is 1.75. The maximum atomic E-state index is 5.38. The molecule has 17 heavy (non-hydrogen) atoms. The lowest BCUT2D eigenvalue weighted by atomic mass is 9.99. The van der Waals surface area contributed by atoms with Gasteiger partial charge in [0.2, 0.25) is 0 Å². The first kappa shape index (κ1) is 14.0. The van der Waals surface area contributed by atoms with E-state index in [2.05, 4.69) is 37.4 Å². The quantitative estimate of drug-likeness (QED) is 0.584. The van der Waals surface area contributed by atoms with Crippen molar-refractivity contribution in [2.75, 3.05) is 27.5 Å². The van der Waals surface area contributed by atoms with Crippen LogP contribution in [0.3, 0.4) is 0 Å². The van der Waals surface area contributed by atoms with Gasteiger partial charge in [-0.15, -0.1) is 0 Å². The highest BCUT2D eigenvalue weighted by Crippen LogP contribution is 2.24. The van der Waals surface area contributed by atoms with Crippen LogP contribution in [0.1, 0.15) is 30.9 Å². The summed E-state index contributed by atoms with van der Waals surface area (Å²) in [6, 6.07) is 6.43. The molecule has 96 valence electrons. The van der Waals surface area contributed by atoms with Crippen LogP contribution in [0.15, 0.2) is 18.2 Å². The van der Waals surface area contributed by atoms with Gasteiger partial charge >= 0.3 is 0 Å². The molecule has 0 aliphatic rings. The zero-order valence-electron chi connectivity index (χ0n) is 11.2. The highest BCUT2D eigenvalue weighted by Gasteiger charge is 2.06. The van der Waals surface area contributed by atoms with Gasteiger partial charge in [0.25, 0.3) is 0 Å². The van der Waals surface area contributed by atoms with E-state index < -0.39 is 0 Å². The third-order valence-electron chi connectivity index (χ3n) is 2.79. The van der Waals surface area contributed by atoms with Crippen molar-refractivity contribution in [3.63, 3.8) is 0 Å². The predicted molar refractivity (Wildman–Crippen MR) is 70.7 cm³/mol. The molecule has 0 atom stereocenters. The zero-order valence-corrected chi connectivity index (χ0v) is 11.2. The van der Waals surface area contributed by atoms with E-state index >= 15 is 0 Å². The van der Waals surface area contributed by atoms with Crippen LogP contribution in [0.25, 0.3) is 0 Å². The highest BCUT2D eigenvalue weighted by atomic mass is 16.5. The Kier molecular flexibility index (Phi) is 6.01. The zero-order chi connectivity index (χ0) is 12.7. The summed E-state index contributed by atoms with van der Waals surface area (Å²) in [5.41, 5.74) is 2.61. The lowest BCUT2D eigenvalue weighted by Gasteiger charge is -2.13. The van der Waals surface area contributed by atoms with E-state index in [0.717, 1.165) is 18.7 Å². The fourth-order valence-electron chi connectivity index (χ4n) is 1.75. The summed E-state index contributed by atoms with van der Waals surface area (Å²) in [6.07, 6.45) is 0.951. The third-order valence-corrected chi connectivity index (χ3v) is 2.79. The largest absolute Gasteiger partial charge is 0.496 e. The van der Waals surface area contributed by atoms with Gasteiger partial charge in [-0.1, -0.05) is 26.0 Å². The van der Waals surface area contributed by atoms with Gasteiger partial charge in [-0.3, -0.25) is 5.32 Å². The summed E-state index contributed by atoms with van der Waals surface area (Å²) < 4.78 is 10.3. The Morgan fingerprint density at radius 1 is 1.24 bits per heavy atom. The summed E-state index contributed by atoms with van der Waals surface area (Å²) in [5.74, 6) is 1.51. The third kappa shape index (κ3) is 4.36. The average Bonchev–Trinajstić information content (AvgIpc) is 2.34. The Morgan fingerprint density at radius 2 is 2.00 bits per heavy atom. The van der Waals surface area contributed by atoms with E-state index in [1.54, 1.807) is 14.2 Å². The van der Waals surface area contributed by atoms with Gasteiger partial charge in [-0.25, -0.2) is 0 Å². The van der Waals surface area contributed by atoms with Crippen molar-refractivity contribution in [2.45, 2.75) is 26.2 Å². The van der Waals surface area contributed by atoms with Gasteiger partial charge in [0.1, 0.15) is 5.75 Å². The molecule has 3 nitrogen and oxygen atoms in total. The van der Waals surface area contributed by atoms with Crippen LogP contribution >= 0.6 is 0 Å². The lowest BCUT2D eigenvalue weighted by molar-refractivity contribution is 0.176. The number of nitrogens with one attached hydrogen (secondary N) is 1. The molecular formula is C14H23NO2. The maximum Gasteiger partial charge on any atom is 0.122 e. The van der Waals surface area contributed by atoms with E-state index in [-0.39, 0.29) is 0 Å². The van der Waals surface area contributed by atoms with Crippen molar-refractivity contribution in [1.29, 1.82) is 0 Å². The topological polar surface area (TPSA) is 30.5 Å². The molecule has 1 aromatic rings. The van der Waals surface area contributed by atoms with E-state index in [1.165, 1.54) is 11.1 Å². The monoisotopic (exact) mass is 237 g/mol. The highest BCUT2D eigenvalue weighted by molar-refractivity contribution is 5.38. The van der Waals surface area contributed by atoms with Crippen LogP contribution in [-0.2, 0) is 11.2 Å². The van der Waals surface area contributed by atoms with Gasteiger partial charge < -0.3 is 9.47 Å². The number of hydrogen-bond donors (Lipinski definition) is 1. The first-order valence-corrected chi connectivity index (χ1v) is 6.05. The molecule has 0 aliphatic heterocycles. The first-order valence-electron chi connectivity index (χ1n) is 6.05. The minimum Gasteiger partial charge on any atom is -0.496 e. The van der Waals surface area contributed by atoms with Crippen molar-refractivity contribution >= 4 is 0 Å². The smallest absolute Gasteiger partial charge is 0.122 e. The Hall–Kier alpha value is -1.06. The van der Waals surface area contributed by atoms with Gasteiger partial charge in [0, 0.05) is 13.7 Å². The van der Waals surface area contributed by atoms with Gasteiger partial charge in [-0.05, 0) is 29.5 Å². The van der Waals surface area contributed by atoms with E-state index in [4.69, 9.17) is 9.47 Å². The van der Waals surface area contributed by atoms with Crippen LogP contribution in [0.2, 0.25) is 0 Å². The molecule has 1 N–H and O–H groups in total. The Labute approximate surface area is 104 Å². The van der Waals surface area contributed by atoms with Gasteiger partial charge in [0.15, 0.2) is 0 Å².